The van der Waals surface area contributed by atoms with Crippen LogP contribution in [0, 0.1) is 5.92 Å². The number of hydrogen-bond donors (Lipinski definition) is 1. The lowest BCUT2D eigenvalue weighted by molar-refractivity contribution is 0.367. The van der Waals surface area contributed by atoms with Crippen LogP contribution in [0.1, 0.15) is 44.9 Å². The van der Waals surface area contributed by atoms with Gasteiger partial charge in [0.15, 0.2) is 0 Å². The predicted octanol–water partition coefficient (Wildman–Crippen LogP) is 2.26. The maximum Gasteiger partial charge on any atom is 0.0529 e. The van der Waals surface area contributed by atoms with Gasteiger partial charge in [0, 0.05) is 12.7 Å². The fourth-order valence-electron chi connectivity index (χ4n) is 2.70. The molecular weight excluding hydrogens is 210 g/mol. The molecule has 0 spiro atoms. The van der Waals surface area contributed by atoms with Crippen LogP contribution in [0.3, 0.4) is 0 Å². The molecule has 0 amide bonds. The van der Waals surface area contributed by atoms with Crippen molar-refractivity contribution >= 4 is 0 Å². The molecule has 1 unspecified atom stereocenters. The Morgan fingerprint density at radius 2 is 2.24 bits per heavy atom. The summed E-state index contributed by atoms with van der Waals surface area (Å²) in [6.45, 7) is 9.16. The zero-order valence-electron chi connectivity index (χ0n) is 11.6. The van der Waals surface area contributed by atoms with Gasteiger partial charge in [-0.2, -0.15) is 5.10 Å². The predicted molar refractivity (Wildman–Crippen MR) is 71.2 cm³/mol. The molecule has 1 N–H and O–H groups in total. The van der Waals surface area contributed by atoms with E-state index in [1.54, 1.807) is 0 Å². The summed E-state index contributed by atoms with van der Waals surface area (Å²) in [5.74, 6) is 0.778. The van der Waals surface area contributed by atoms with Gasteiger partial charge in [-0.05, 0) is 49.2 Å². The van der Waals surface area contributed by atoms with Crippen LogP contribution in [-0.4, -0.2) is 22.9 Å². The van der Waals surface area contributed by atoms with E-state index in [4.69, 9.17) is 0 Å². The summed E-state index contributed by atoms with van der Waals surface area (Å²) >= 11 is 0. The van der Waals surface area contributed by atoms with Crippen LogP contribution < -0.4 is 5.32 Å². The second-order valence-corrected chi connectivity index (χ2v) is 6.30. The molecule has 1 atom stereocenters. The molecule has 2 rings (SSSR count). The van der Waals surface area contributed by atoms with Crippen molar-refractivity contribution < 1.29 is 0 Å². The topological polar surface area (TPSA) is 29.9 Å². The summed E-state index contributed by atoms with van der Waals surface area (Å²) in [4.78, 5) is 0. The van der Waals surface area contributed by atoms with Crippen LogP contribution in [0.2, 0.25) is 0 Å². The highest BCUT2D eigenvalue weighted by Gasteiger charge is 2.24. The summed E-state index contributed by atoms with van der Waals surface area (Å²) in [5, 5.41) is 7.94. The minimum Gasteiger partial charge on any atom is -0.316 e. The Morgan fingerprint density at radius 1 is 1.47 bits per heavy atom. The van der Waals surface area contributed by atoms with Gasteiger partial charge in [0.2, 0.25) is 0 Å². The van der Waals surface area contributed by atoms with Crippen molar-refractivity contribution in [2.75, 3.05) is 13.1 Å². The minimum absolute atomic E-state index is 0.200. The van der Waals surface area contributed by atoms with Gasteiger partial charge in [-0.15, -0.1) is 0 Å². The highest BCUT2D eigenvalue weighted by atomic mass is 15.3. The van der Waals surface area contributed by atoms with Gasteiger partial charge < -0.3 is 5.32 Å². The molecule has 2 heterocycles. The maximum absolute atomic E-state index is 4.44. The standard InChI is InChI=1S/C14H25N3/c1-14(2,3)12-10-16-17(4)13(12)8-11-6-5-7-15-9-11/h10-11,15H,5-9H2,1-4H3. The van der Waals surface area contributed by atoms with Crippen molar-refractivity contribution in [1.29, 1.82) is 0 Å². The lowest BCUT2D eigenvalue weighted by Gasteiger charge is -2.25. The molecule has 1 saturated heterocycles. The van der Waals surface area contributed by atoms with E-state index in [0.717, 1.165) is 18.9 Å². The number of hydrogen-bond acceptors (Lipinski definition) is 2. The van der Waals surface area contributed by atoms with Crippen LogP contribution in [0.4, 0.5) is 0 Å². The van der Waals surface area contributed by atoms with Crippen molar-refractivity contribution in [2.45, 2.75) is 45.4 Å². The van der Waals surface area contributed by atoms with Gasteiger partial charge in [-0.1, -0.05) is 20.8 Å². The molecule has 1 aromatic heterocycles. The largest absolute Gasteiger partial charge is 0.316 e. The first-order valence-corrected chi connectivity index (χ1v) is 6.70. The Labute approximate surface area is 105 Å². The first kappa shape index (κ1) is 12.6. The van der Waals surface area contributed by atoms with E-state index in [1.807, 2.05) is 6.20 Å². The molecule has 0 radical (unpaired) electrons. The molecule has 3 nitrogen and oxygen atoms in total. The van der Waals surface area contributed by atoms with Crippen LogP contribution in [0.5, 0.6) is 0 Å². The summed E-state index contributed by atoms with van der Waals surface area (Å²) in [6.07, 6.45) is 5.87. The smallest absolute Gasteiger partial charge is 0.0529 e. The minimum atomic E-state index is 0.200. The molecule has 1 aliphatic heterocycles. The molecule has 3 heteroatoms. The third kappa shape index (κ3) is 2.89. The van der Waals surface area contributed by atoms with E-state index in [0.29, 0.717) is 0 Å². The SMILES string of the molecule is Cn1ncc(C(C)(C)C)c1CC1CCCNC1. The Morgan fingerprint density at radius 3 is 2.82 bits per heavy atom. The van der Waals surface area contributed by atoms with Crippen molar-refractivity contribution in [1.82, 2.24) is 15.1 Å². The Bertz CT molecular complexity index is 367. The van der Waals surface area contributed by atoms with Crippen molar-refractivity contribution in [3.63, 3.8) is 0 Å². The van der Waals surface area contributed by atoms with E-state index in [2.05, 4.69) is 42.9 Å². The second kappa shape index (κ2) is 4.81. The second-order valence-electron chi connectivity index (χ2n) is 6.30. The van der Waals surface area contributed by atoms with Gasteiger partial charge in [0.1, 0.15) is 0 Å². The lowest BCUT2D eigenvalue weighted by Crippen LogP contribution is -2.31. The number of aryl methyl sites for hydroxylation is 1. The quantitative estimate of drug-likeness (QED) is 0.852. The lowest BCUT2D eigenvalue weighted by atomic mass is 9.84. The van der Waals surface area contributed by atoms with E-state index >= 15 is 0 Å². The molecule has 0 bridgehead atoms. The zero-order chi connectivity index (χ0) is 12.5. The highest BCUT2D eigenvalue weighted by molar-refractivity contribution is 5.26. The molecule has 1 aliphatic rings. The van der Waals surface area contributed by atoms with Gasteiger partial charge in [0.05, 0.1) is 6.20 Å². The molecule has 0 saturated carbocycles. The highest BCUT2D eigenvalue weighted by Crippen LogP contribution is 2.28. The van der Waals surface area contributed by atoms with Crippen LogP contribution in [0.25, 0.3) is 0 Å². The molecule has 0 aliphatic carbocycles. The van der Waals surface area contributed by atoms with Gasteiger partial charge in [-0.3, -0.25) is 4.68 Å². The summed E-state index contributed by atoms with van der Waals surface area (Å²) < 4.78 is 2.06. The molecule has 17 heavy (non-hydrogen) atoms. The molecular formula is C14H25N3. The molecule has 0 aromatic carbocycles. The third-order valence-corrected chi connectivity index (χ3v) is 3.75. The van der Waals surface area contributed by atoms with Gasteiger partial charge >= 0.3 is 0 Å². The van der Waals surface area contributed by atoms with Crippen LogP contribution >= 0.6 is 0 Å². The van der Waals surface area contributed by atoms with Crippen molar-refractivity contribution in [3.05, 3.63) is 17.5 Å². The Balaban J connectivity index is 2.16. The molecule has 96 valence electrons. The average molecular weight is 235 g/mol. The number of rotatable bonds is 2. The fourth-order valence-corrected chi connectivity index (χ4v) is 2.70. The molecule has 1 aromatic rings. The van der Waals surface area contributed by atoms with E-state index in [-0.39, 0.29) is 5.41 Å². The number of aromatic nitrogens is 2. The third-order valence-electron chi connectivity index (χ3n) is 3.75. The fraction of sp³-hybridized carbons (Fsp3) is 0.786. The molecule has 1 fully saturated rings. The number of nitrogens with one attached hydrogen (secondary N) is 1. The maximum atomic E-state index is 4.44. The summed E-state index contributed by atoms with van der Waals surface area (Å²) in [7, 11) is 2.07. The number of nitrogens with zero attached hydrogens (tertiary/aromatic N) is 2. The Kier molecular flexibility index (Phi) is 3.57. The first-order chi connectivity index (χ1) is 7.98. The van der Waals surface area contributed by atoms with Crippen LogP contribution in [-0.2, 0) is 18.9 Å². The van der Waals surface area contributed by atoms with Crippen LogP contribution in [0.15, 0.2) is 6.20 Å². The van der Waals surface area contributed by atoms with E-state index in [9.17, 15) is 0 Å². The Hall–Kier alpha value is -0.830. The average Bonchev–Trinajstić information content (AvgIpc) is 2.62. The van der Waals surface area contributed by atoms with E-state index in [1.165, 1.54) is 30.6 Å². The normalized spacial score (nSPS) is 21.8. The zero-order valence-corrected chi connectivity index (χ0v) is 11.6. The summed E-state index contributed by atoms with van der Waals surface area (Å²) in [5.41, 5.74) is 3.03. The first-order valence-electron chi connectivity index (χ1n) is 6.70. The van der Waals surface area contributed by atoms with Crippen molar-refractivity contribution in [3.8, 4) is 0 Å². The summed E-state index contributed by atoms with van der Waals surface area (Å²) in [6, 6.07) is 0. The van der Waals surface area contributed by atoms with Gasteiger partial charge in [0.25, 0.3) is 0 Å². The van der Waals surface area contributed by atoms with E-state index < -0.39 is 0 Å². The number of piperidine rings is 1. The monoisotopic (exact) mass is 235 g/mol. The van der Waals surface area contributed by atoms with Gasteiger partial charge in [-0.25, -0.2) is 0 Å². The van der Waals surface area contributed by atoms with Crippen molar-refractivity contribution in [2.24, 2.45) is 13.0 Å².